The lowest BCUT2D eigenvalue weighted by Gasteiger charge is -2.44. The van der Waals surface area contributed by atoms with E-state index in [2.05, 4.69) is 58.2 Å². The molecule has 32 heavy (non-hydrogen) atoms. The number of hydrogen-bond acceptors (Lipinski definition) is 4. The summed E-state index contributed by atoms with van der Waals surface area (Å²) in [7, 11) is 0. The summed E-state index contributed by atoms with van der Waals surface area (Å²) in [6, 6.07) is 0. The van der Waals surface area contributed by atoms with E-state index in [9.17, 15) is 15.3 Å². The fourth-order valence-electron chi connectivity index (χ4n) is 6.67. The minimum Gasteiger partial charge on any atom is -0.393 e. The molecular formula is C28H46O3S. The van der Waals surface area contributed by atoms with E-state index in [4.69, 9.17) is 0 Å². The van der Waals surface area contributed by atoms with Gasteiger partial charge in [0, 0.05) is 11.7 Å². The monoisotopic (exact) mass is 462 g/mol. The van der Waals surface area contributed by atoms with Crippen molar-refractivity contribution in [3.8, 4) is 0 Å². The van der Waals surface area contributed by atoms with Crippen molar-refractivity contribution in [2.24, 2.45) is 17.3 Å². The van der Waals surface area contributed by atoms with Gasteiger partial charge in [0.15, 0.2) is 0 Å². The van der Waals surface area contributed by atoms with E-state index in [-0.39, 0.29) is 0 Å². The zero-order valence-corrected chi connectivity index (χ0v) is 21.6. The van der Waals surface area contributed by atoms with Crippen LogP contribution in [0.3, 0.4) is 0 Å². The van der Waals surface area contributed by atoms with E-state index in [0.717, 1.165) is 48.5 Å². The van der Waals surface area contributed by atoms with Crippen LogP contribution in [0.4, 0.5) is 0 Å². The Balaban J connectivity index is 1.67. The molecule has 0 aliphatic heterocycles. The Morgan fingerprint density at radius 2 is 1.94 bits per heavy atom. The fourth-order valence-corrected chi connectivity index (χ4v) is 8.22. The molecule has 3 nitrogen and oxygen atoms in total. The van der Waals surface area contributed by atoms with Crippen molar-refractivity contribution in [1.29, 1.82) is 0 Å². The van der Waals surface area contributed by atoms with Crippen molar-refractivity contribution in [3.63, 3.8) is 0 Å². The second-order valence-electron chi connectivity index (χ2n) is 10.9. The number of thioether (sulfide) groups is 1. The van der Waals surface area contributed by atoms with E-state index < -0.39 is 17.8 Å². The van der Waals surface area contributed by atoms with Crippen molar-refractivity contribution in [2.75, 3.05) is 5.75 Å². The highest BCUT2D eigenvalue weighted by molar-refractivity contribution is 7.99. The van der Waals surface area contributed by atoms with E-state index >= 15 is 0 Å². The second-order valence-corrected chi connectivity index (χ2v) is 12.4. The summed E-state index contributed by atoms with van der Waals surface area (Å²) in [4.78, 5) is 0. The molecule has 0 radical (unpaired) electrons. The van der Waals surface area contributed by atoms with Crippen molar-refractivity contribution in [1.82, 2.24) is 0 Å². The van der Waals surface area contributed by atoms with E-state index in [1.807, 2.05) is 0 Å². The van der Waals surface area contributed by atoms with Crippen molar-refractivity contribution in [3.05, 3.63) is 35.5 Å². The van der Waals surface area contributed by atoms with Crippen LogP contribution in [0.1, 0.15) is 91.9 Å². The zero-order valence-electron chi connectivity index (χ0n) is 20.8. The number of fused-ring (bicyclic) bond motifs is 1. The molecule has 3 rings (SSSR count). The molecule has 0 unspecified atom stereocenters. The molecule has 3 saturated carbocycles. The number of hydrogen-bond donors (Lipinski definition) is 3. The third-order valence-electron chi connectivity index (χ3n) is 9.13. The predicted octanol–water partition coefficient (Wildman–Crippen LogP) is 6.19. The van der Waals surface area contributed by atoms with E-state index in [1.54, 1.807) is 5.57 Å². The van der Waals surface area contributed by atoms with Crippen LogP contribution in [0, 0.1) is 17.3 Å². The SMILES string of the molecule is C=C1/C(=C\C=C2/CCC[C@]3(C)[C@@H]([C@H](C)SCCC(O)(CC)CC)CC[C@@H]23)C[C@@H](O)C[C@@H]1O. The molecule has 0 aromatic carbocycles. The molecule has 0 spiro atoms. The summed E-state index contributed by atoms with van der Waals surface area (Å²) in [5.41, 5.74) is 3.20. The van der Waals surface area contributed by atoms with Gasteiger partial charge in [0.1, 0.15) is 0 Å². The Hall–Kier alpha value is -0.550. The van der Waals surface area contributed by atoms with Crippen LogP contribution in [0.2, 0.25) is 0 Å². The van der Waals surface area contributed by atoms with Crippen molar-refractivity contribution >= 4 is 11.8 Å². The molecule has 3 fully saturated rings. The molecule has 3 N–H and O–H groups in total. The lowest BCUT2D eigenvalue weighted by molar-refractivity contribution is 0.0296. The first kappa shape index (κ1) is 26.1. The first-order chi connectivity index (χ1) is 15.1. The molecule has 0 amide bonds. The van der Waals surface area contributed by atoms with Crippen LogP contribution < -0.4 is 0 Å². The molecule has 0 saturated heterocycles. The van der Waals surface area contributed by atoms with Crippen LogP contribution >= 0.6 is 11.8 Å². The summed E-state index contributed by atoms with van der Waals surface area (Å²) >= 11 is 2.07. The van der Waals surface area contributed by atoms with Crippen molar-refractivity contribution in [2.45, 2.75) is 115 Å². The van der Waals surface area contributed by atoms with Gasteiger partial charge in [-0.05, 0) is 91.9 Å². The molecule has 0 heterocycles. The summed E-state index contributed by atoms with van der Waals surface area (Å²) < 4.78 is 0. The van der Waals surface area contributed by atoms with Gasteiger partial charge in [-0.3, -0.25) is 0 Å². The van der Waals surface area contributed by atoms with Gasteiger partial charge < -0.3 is 15.3 Å². The van der Waals surface area contributed by atoms with Crippen LogP contribution in [0.15, 0.2) is 35.5 Å². The Morgan fingerprint density at radius 1 is 1.22 bits per heavy atom. The quantitative estimate of drug-likeness (QED) is 0.402. The third-order valence-corrected chi connectivity index (χ3v) is 10.4. The lowest BCUT2D eigenvalue weighted by Crippen LogP contribution is -2.37. The molecule has 4 heteroatoms. The van der Waals surface area contributed by atoms with Crippen LogP contribution in [0.5, 0.6) is 0 Å². The maximum absolute atomic E-state index is 10.6. The highest BCUT2D eigenvalue weighted by Gasteiger charge is 2.50. The Labute approximate surface area is 200 Å². The first-order valence-electron chi connectivity index (χ1n) is 12.9. The van der Waals surface area contributed by atoms with Gasteiger partial charge in [0.25, 0.3) is 0 Å². The smallest absolute Gasteiger partial charge is 0.0811 e. The zero-order chi connectivity index (χ0) is 23.5. The number of aliphatic hydroxyl groups excluding tert-OH is 2. The third kappa shape index (κ3) is 5.56. The minimum atomic E-state index is -0.619. The number of rotatable bonds is 8. The molecule has 0 bridgehead atoms. The summed E-state index contributed by atoms with van der Waals surface area (Å²) in [5, 5.41) is 31.5. The van der Waals surface area contributed by atoms with Gasteiger partial charge in [-0.2, -0.15) is 11.8 Å². The van der Waals surface area contributed by atoms with Gasteiger partial charge in [-0.15, -0.1) is 0 Å². The Bertz CT molecular complexity index is 722. The predicted molar refractivity (Wildman–Crippen MR) is 137 cm³/mol. The Morgan fingerprint density at radius 3 is 2.62 bits per heavy atom. The molecule has 3 aliphatic rings. The van der Waals surface area contributed by atoms with Gasteiger partial charge in [0.05, 0.1) is 17.8 Å². The highest BCUT2D eigenvalue weighted by Crippen LogP contribution is 2.59. The lowest BCUT2D eigenvalue weighted by atomic mass is 9.63. The molecular weight excluding hydrogens is 416 g/mol. The van der Waals surface area contributed by atoms with E-state index in [0.29, 0.717) is 29.4 Å². The highest BCUT2D eigenvalue weighted by atomic mass is 32.2. The van der Waals surface area contributed by atoms with Gasteiger partial charge in [-0.1, -0.05) is 52.0 Å². The van der Waals surface area contributed by atoms with Crippen LogP contribution in [0.25, 0.3) is 0 Å². The molecule has 0 aromatic heterocycles. The largest absolute Gasteiger partial charge is 0.393 e. The molecule has 182 valence electrons. The topological polar surface area (TPSA) is 60.7 Å². The number of aliphatic hydroxyl groups is 3. The van der Waals surface area contributed by atoms with Gasteiger partial charge in [0.2, 0.25) is 0 Å². The molecule has 3 aliphatic carbocycles. The maximum Gasteiger partial charge on any atom is 0.0811 e. The standard InChI is InChI=1S/C28H46O3S/c1-6-28(31,7-2)15-16-32-20(4)24-12-13-25-21(9-8-14-27(24,25)5)10-11-22-17-23(29)18-26(30)19(22)3/h10-11,20,23-26,29-31H,3,6-9,12-18H2,1-2,4-5H3/b21-10+,22-11-/t20-,23+,24+,25-,26-,27+/m0/s1. The fraction of sp³-hybridized carbons (Fsp3) is 0.786. The van der Waals surface area contributed by atoms with Gasteiger partial charge >= 0.3 is 0 Å². The average Bonchev–Trinajstić information content (AvgIpc) is 3.12. The minimum absolute atomic E-state index is 0.351. The molecule has 0 aromatic rings. The van der Waals surface area contributed by atoms with Crippen LogP contribution in [-0.4, -0.2) is 44.1 Å². The first-order valence-corrected chi connectivity index (χ1v) is 14.0. The van der Waals surface area contributed by atoms with Crippen LogP contribution in [-0.2, 0) is 0 Å². The Kier molecular flexibility index (Phi) is 8.80. The van der Waals surface area contributed by atoms with E-state index in [1.165, 1.54) is 25.7 Å². The summed E-state index contributed by atoms with van der Waals surface area (Å²) in [6.45, 7) is 13.2. The maximum atomic E-state index is 10.6. The summed E-state index contributed by atoms with van der Waals surface area (Å²) in [5.74, 6) is 2.40. The normalized spacial score (nSPS) is 37.2. The summed E-state index contributed by atoms with van der Waals surface area (Å²) in [6.07, 6.45) is 13.2. The average molecular weight is 463 g/mol. The van der Waals surface area contributed by atoms with Gasteiger partial charge in [-0.25, -0.2) is 0 Å². The molecule has 6 atom stereocenters. The number of allylic oxidation sites excluding steroid dienone is 3. The van der Waals surface area contributed by atoms with Crippen molar-refractivity contribution < 1.29 is 15.3 Å². The second kappa shape index (κ2) is 10.8.